The van der Waals surface area contributed by atoms with Gasteiger partial charge in [0.2, 0.25) is 5.88 Å². The van der Waals surface area contributed by atoms with Crippen molar-refractivity contribution < 1.29 is 9.84 Å². The molecule has 3 aromatic heterocycles. The fourth-order valence-corrected chi connectivity index (χ4v) is 2.90. The molecule has 0 saturated heterocycles. The summed E-state index contributed by atoms with van der Waals surface area (Å²) >= 11 is 0. The van der Waals surface area contributed by atoms with Crippen LogP contribution in [0, 0.1) is 6.92 Å². The van der Waals surface area contributed by atoms with Crippen LogP contribution in [-0.2, 0) is 7.05 Å². The molecule has 0 aliphatic carbocycles. The lowest BCUT2D eigenvalue weighted by molar-refractivity contribution is 0.413. The number of fused-ring (bicyclic) bond motifs is 2. The van der Waals surface area contributed by atoms with Gasteiger partial charge in [-0.3, -0.25) is 4.68 Å². The molecule has 0 unspecified atom stereocenters. The molecule has 4 rings (SSSR count). The van der Waals surface area contributed by atoms with Crippen molar-refractivity contribution in [3.8, 4) is 23.0 Å². The van der Waals surface area contributed by atoms with E-state index in [0.717, 1.165) is 22.0 Å². The predicted molar refractivity (Wildman–Crippen MR) is 90.0 cm³/mol. The number of rotatable bonds is 2. The van der Waals surface area contributed by atoms with Gasteiger partial charge in [-0.15, -0.1) is 0 Å². The third kappa shape index (κ3) is 2.13. The average Bonchev–Trinajstić information content (AvgIpc) is 2.95. The molecule has 0 aliphatic heterocycles. The third-order valence-corrected chi connectivity index (χ3v) is 3.97. The van der Waals surface area contributed by atoms with Gasteiger partial charge in [0.05, 0.1) is 29.9 Å². The lowest BCUT2D eigenvalue weighted by atomic mass is 10.0. The van der Waals surface area contributed by atoms with Crippen LogP contribution < -0.4 is 4.74 Å². The fraction of sp³-hybridized carbons (Fsp3) is 0.176. The topological polar surface area (TPSA) is 86.0 Å². The number of hydrogen-bond acceptors (Lipinski definition) is 6. The van der Waals surface area contributed by atoms with Crippen molar-refractivity contribution >= 4 is 21.9 Å². The van der Waals surface area contributed by atoms with Crippen LogP contribution in [0.15, 0.2) is 30.6 Å². The molecule has 24 heavy (non-hydrogen) atoms. The van der Waals surface area contributed by atoms with Crippen molar-refractivity contribution in [2.24, 2.45) is 7.05 Å². The second-order valence-corrected chi connectivity index (χ2v) is 5.59. The normalized spacial score (nSPS) is 11.3. The number of methoxy groups -OCH3 is 1. The maximum absolute atomic E-state index is 9.46. The Hall–Kier alpha value is -3.22. The standard InChI is InChI=1S/C17H15N5O2/c1-9-15-10(8-22(2)21-15)6-11(16(9)24-3)17-18-7-13-12(20-17)4-5-14(23)19-13/h4-8H,1-3H3,(H,19,23). The van der Waals surface area contributed by atoms with Crippen LogP contribution >= 0.6 is 0 Å². The first kappa shape index (κ1) is 14.4. The Morgan fingerprint density at radius 2 is 2.00 bits per heavy atom. The second-order valence-electron chi connectivity index (χ2n) is 5.59. The summed E-state index contributed by atoms with van der Waals surface area (Å²) in [4.78, 5) is 13.0. The third-order valence-electron chi connectivity index (χ3n) is 3.97. The first-order valence-corrected chi connectivity index (χ1v) is 7.41. The Balaban J connectivity index is 1.99. The Labute approximate surface area is 137 Å². The van der Waals surface area contributed by atoms with Gasteiger partial charge in [0, 0.05) is 30.3 Å². The molecule has 1 N–H and O–H groups in total. The van der Waals surface area contributed by atoms with Crippen LogP contribution in [0.3, 0.4) is 0 Å². The van der Waals surface area contributed by atoms with E-state index in [-0.39, 0.29) is 5.88 Å². The summed E-state index contributed by atoms with van der Waals surface area (Å²) in [5.41, 5.74) is 3.83. The van der Waals surface area contributed by atoms with Gasteiger partial charge in [-0.1, -0.05) is 0 Å². The number of ether oxygens (including phenoxy) is 1. The maximum Gasteiger partial charge on any atom is 0.211 e. The van der Waals surface area contributed by atoms with Crippen LogP contribution in [0.4, 0.5) is 0 Å². The summed E-state index contributed by atoms with van der Waals surface area (Å²) in [5, 5.41) is 14.9. The minimum atomic E-state index is -0.0518. The molecule has 0 saturated carbocycles. The summed E-state index contributed by atoms with van der Waals surface area (Å²) in [7, 11) is 3.51. The molecule has 0 radical (unpaired) electrons. The van der Waals surface area contributed by atoms with Gasteiger partial charge in [-0.2, -0.15) is 5.10 Å². The SMILES string of the molecule is COc1c(-c2ncc3nc(O)ccc3n2)cc2cn(C)nc2c1C. The molecule has 0 atom stereocenters. The molecule has 3 heterocycles. The van der Waals surface area contributed by atoms with Crippen molar-refractivity contribution in [1.29, 1.82) is 0 Å². The highest BCUT2D eigenvalue weighted by molar-refractivity contribution is 5.90. The number of benzene rings is 1. The van der Waals surface area contributed by atoms with E-state index in [1.165, 1.54) is 6.07 Å². The van der Waals surface area contributed by atoms with E-state index < -0.39 is 0 Å². The Bertz CT molecular complexity index is 1090. The molecule has 1 aromatic carbocycles. The first-order chi connectivity index (χ1) is 11.6. The van der Waals surface area contributed by atoms with Gasteiger partial charge in [-0.25, -0.2) is 15.0 Å². The minimum absolute atomic E-state index is 0.0518. The molecular formula is C17H15N5O2. The van der Waals surface area contributed by atoms with Crippen LogP contribution in [0.1, 0.15) is 5.56 Å². The zero-order valence-electron chi connectivity index (χ0n) is 13.5. The molecule has 0 amide bonds. The molecule has 0 bridgehead atoms. The minimum Gasteiger partial charge on any atom is -0.496 e. The molecule has 7 nitrogen and oxygen atoms in total. The summed E-state index contributed by atoms with van der Waals surface area (Å²) in [6.07, 6.45) is 3.55. The van der Waals surface area contributed by atoms with Crippen molar-refractivity contribution in [2.75, 3.05) is 7.11 Å². The molecule has 0 aliphatic rings. The van der Waals surface area contributed by atoms with Crippen molar-refractivity contribution in [3.05, 3.63) is 36.2 Å². The smallest absolute Gasteiger partial charge is 0.211 e. The van der Waals surface area contributed by atoms with Crippen molar-refractivity contribution in [2.45, 2.75) is 6.92 Å². The Morgan fingerprint density at radius 3 is 2.79 bits per heavy atom. The van der Waals surface area contributed by atoms with E-state index in [9.17, 15) is 5.11 Å². The van der Waals surface area contributed by atoms with Gasteiger partial charge in [0.1, 0.15) is 11.3 Å². The number of aromatic nitrogens is 5. The van der Waals surface area contributed by atoms with Crippen LogP contribution in [0.5, 0.6) is 11.6 Å². The van der Waals surface area contributed by atoms with Crippen molar-refractivity contribution in [1.82, 2.24) is 24.7 Å². The maximum atomic E-state index is 9.46. The lowest BCUT2D eigenvalue weighted by Gasteiger charge is -2.11. The summed E-state index contributed by atoms with van der Waals surface area (Å²) in [6.45, 7) is 1.97. The zero-order chi connectivity index (χ0) is 16.8. The lowest BCUT2D eigenvalue weighted by Crippen LogP contribution is -1.97. The summed E-state index contributed by atoms with van der Waals surface area (Å²) in [5.74, 6) is 1.19. The number of aromatic hydroxyl groups is 1. The fourth-order valence-electron chi connectivity index (χ4n) is 2.90. The van der Waals surface area contributed by atoms with E-state index in [2.05, 4.69) is 20.1 Å². The van der Waals surface area contributed by atoms with Gasteiger partial charge < -0.3 is 9.84 Å². The van der Waals surface area contributed by atoms with Crippen molar-refractivity contribution in [3.63, 3.8) is 0 Å². The number of pyridine rings is 1. The Morgan fingerprint density at radius 1 is 1.17 bits per heavy atom. The largest absolute Gasteiger partial charge is 0.496 e. The number of nitrogens with zero attached hydrogens (tertiary/aromatic N) is 5. The average molecular weight is 321 g/mol. The van der Waals surface area contributed by atoms with Gasteiger partial charge >= 0.3 is 0 Å². The van der Waals surface area contributed by atoms with Gasteiger partial charge in [0.15, 0.2) is 5.82 Å². The monoisotopic (exact) mass is 321 g/mol. The Kier molecular flexibility index (Phi) is 3.09. The molecule has 4 aromatic rings. The zero-order valence-corrected chi connectivity index (χ0v) is 13.5. The summed E-state index contributed by atoms with van der Waals surface area (Å²) < 4.78 is 7.37. The van der Waals surface area contributed by atoms with E-state index >= 15 is 0 Å². The molecule has 0 spiro atoms. The molecule has 120 valence electrons. The highest BCUT2D eigenvalue weighted by Crippen LogP contribution is 2.36. The number of aryl methyl sites for hydroxylation is 2. The van der Waals surface area contributed by atoms with Crippen LogP contribution in [0.25, 0.3) is 33.3 Å². The predicted octanol–water partition coefficient (Wildman–Crippen LogP) is 2.60. The second kappa shape index (κ2) is 5.16. The van der Waals surface area contributed by atoms with Gasteiger partial charge in [-0.05, 0) is 19.1 Å². The first-order valence-electron chi connectivity index (χ1n) is 7.41. The quantitative estimate of drug-likeness (QED) is 0.611. The van der Waals surface area contributed by atoms with Crippen LogP contribution in [0.2, 0.25) is 0 Å². The molecular weight excluding hydrogens is 306 g/mol. The van der Waals surface area contributed by atoms with E-state index in [4.69, 9.17) is 4.74 Å². The highest BCUT2D eigenvalue weighted by atomic mass is 16.5. The van der Waals surface area contributed by atoms with E-state index in [1.54, 1.807) is 24.1 Å². The molecule has 7 heteroatoms. The van der Waals surface area contributed by atoms with Crippen LogP contribution in [-0.4, -0.2) is 36.9 Å². The highest BCUT2D eigenvalue weighted by Gasteiger charge is 2.17. The van der Waals surface area contributed by atoms with E-state index in [0.29, 0.717) is 22.6 Å². The summed E-state index contributed by atoms with van der Waals surface area (Å²) in [6, 6.07) is 5.19. The van der Waals surface area contributed by atoms with E-state index in [1.807, 2.05) is 26.2 Å². The number of hydrogen-bond donors (Lipinski definition) is 1. The van der Waals surface area contributed by atoms with Gasteiger partial charge in [0.25, 0.3) is 0 Å². The molecule has 0 fully saturated rings.